The van der Waals surface area contributed by atoms with Crippen molar-refractivity contribution in [3.8, 4) is 0 Å². The lowest BCUT2D eigenvalue weighted by Crippen LogP contribution is -2.29. The second-order valence-corrected chi connectivity index (χ2v) is 7.44. The molecule has 0 radical (unpaired) electrons. The largest absolute Gasteiger partial charge is 0.355 e. The first-order valence-electron chi connectivity index (χ1n) is 9.20. The smallest absolute Gasteiger partial charge is 0.235 e. The van der Waals surface area contributed by atoms with Crippen molar-refractivity contribution in [2.24, 2.45) is 0 Å². The van der Waals surface area contributed by atoms with Crippen molar-refractivity contribution in [2.45, 2.75) is 0 Å². The van der Waals surface area contributed by atoms with Gasteiger partial charge < -0.3 is 25.3 Å². The van der Waals surface area contributed by atoms with E-state index >= 15 is 0 Å². The molecule has 5 heterocycles. The first kappa shape index (κ1) is 17.6. The van der Waals surface area contributed by atoms with Crippen molar-refractivity contribution >= 4 is 45.8 Å². The van der Waals surface area contributed by atoms with Gasteiger partial charge in [-0.2, -0.15) is 0 Å². The number of carbonyl (C=O) groups excluding carboxylic acids is 1. The highest BCUT2D eigenvalue weighted by Crippen LogP contribution is 2.10. The zero-order chi connectivity index (χ0) is 19.8. The number of fused-ring (bicyclic) bond motifs is 8. The molecule has 0 saturated carbocycles. The van der Waals surface area contributed by atoms with Crippen molar-refractivity contribution in [1.82, 2.24) is 25.3 Å². The summed E-state index contributed by atoms with van der Waals surface area (Å²) in [5.74, 6) is -0.117. The topological polar surface area (TPSA) is 92.3 Å². The van der Waals surface area contributed by atoms with Crippen LogP contribution in [0.1, 0.15) is 22.8 Å². The van der Waals surface area contributed by atoms with Crippen LogP contribution in [0.5, 0.6) is 0 Å². The summed E-state index contributed by atoms with van der Waals surface area (Å²) in [6.45, 7) is 0. The number of halogens is 1. The first-order chi connectivity index (χ1) is 14.2. The first-order valence-corrected chi connectivity index (χ1v) is 10.3. The van der Waals surface area contributed by atoms with Crippen molar-refractivity contribution < 1.29 is 4.79 Å². The minimum Gasteiger partial charge on any atom is -0.355 e. The van der Waals surface area contributed by atoms with E-state index in [0.29, 0.717) is 5.70 Å². The molecule has 5 N–H and O–H groups in total. The Bertz CT molecular complexity index is 1450. The maximum atomic E-state index is 12.1. The molecule has 144 valence electrons. The van der Waals surface area contributed by atoms with Crippen LogP contribution in [-0.4, -0.2) is 31.2 Å². The van der Waals surface area contributed by atoms with Crippen LogP contribution in [0.2, 0.25) is 0 Å². The predicted molar refractivity (Wildman–Crippen MR) is 117 cm³/mol. The highest BCUT2D eigenvalue weighted by Gasteiger charge is 2.10. The van der Waals surface area contributed by atoms with E-state index in [-0.39, 0.29) is 11.2 Å². The number of amides is 1. The van der Waals surface area contributed by atoms with Gasteiger partial charge in [0.1, 0.15) is 0 Å². The monoisotopic (exact) mass is 447 g/mol. The van der Waals surface area contributed by atoms with Gasteiger partial charge in [0, 0.05) is 33.1 Å². The molecule has 1 aliphatic rings. The Morgan fingerprint density at radius 1 is 0.724 bits per heavy atom. The lowest BCUT2D eigenvalue weighted by molar-refractivity contribution is -0.117. The minimum absolute atomic E-state index is 0.117. The van der Waals surface area contributed by atoms with Gasteiger partial charge in [-0.3, -0.25) is 4.79 Å². The molecule has 4 aromatic rings. The quantitative estimate of drug-likeness (QED) is 0.284. The molecule has 0 fully saturated rings. The minimum atomic E-state index is -0.117. The number of rotatable bonds is 2. The fraction of sp³-hybridized carbons (Fsp3) is 0.0455. The molecule has 8 bridgehead atoms. The van der Waals surface area contributed by atoms with Crippen molar-refractivity contribution in [3.63, 3.8) is 0 Å². The van der Waals surface area contributed by atoms with E-state index in [1.54, 1.807) is 0 Å². The molecule has 0 aliphatic carbocycles. The second-order valence-electron chi connectivity index (χ2n) is 6.88. The molecule has 4 aromatic heterocycles. The molecule has 0 aromatic carbocycles. The van der Waals surface area contributed by atoms with Crippen LogP contribution in [0.15, 0.2) is 48.5 Å². The number of aromatic amines is 4. The van der Waals surface area contributed by atoms with Gasteiger partial charge in [0.15, 0.2) is 0 Å². The third-order valence-corrected chi connectivity index (χ3v) is 5.25. The summed E-state index contributed by atoms with van der Waals surface area (Å²) in [6, 6.07) is 16.1. The average Bonchev–Trinajstić information content (AvgIpc) is 3.49. The molecule has 0 saturated heterocycles. The maximum Gasteiger partial charge on any atom is 0.235 e. The molecule has 0 atom stereocenters. The van der Waals surface area contributed by atoms with Gasteiger partial charge in [-0.1, -0.05) is 15.9 Å². The molecule has 0 unspecified atom stereocenters. The number of nitrogens with one attached hydrogen (secondary N) is 5. The van der Waals surface area contributed by atoms with Crippen LogP contribution in [0.4, 0.5) is 0 Å². The van der Waals surface area contributed by atoms with E-state index in [0.717, 1.165) is 44.2 Å². The number of carbonyl (C=O) groups is 1. The normalized spacial score (nSPS) is 12.7. The van der Waals surface area contributed by atoms with E-state index in [9.17, 15) is 4.79 Å². The van der Waals surface area contributed by atoms with Crippen molar-refractivity contribution in [3.05, 3.63) is 92.7 Å². The molecule has 29 heavy (non-hydrogen) atoms. The number of alkyl halides is 1. The van der Waals surface area contributed by atoms with E-state index in [4.69, 9.17) is 0 Å². The Kier molecular flexibility index (Phi) is 4.37. The molecule has 1 aliphatic heterocycles. The van der Waals surface area contributed by atoms with Gasteiger partial charge in [0.2, 0.25) is 5.91 Å². The second kappa shape index (κ2) is 7.18. The summed E-state index contributed by atoms with van der Waals surface area (Å²) in [6.07, 6.45) is 6.14. The lowest BCUT2D eigenvalue weighted by Gasteiger charge is -2.06. The highest BCUT2D eigenvalue weighted by atomic mass is 79.9. The predicted octanol–water partition coefficient (Wildman–Crippen LogP) is 0.466. The van der Waals surface area contributed by atoms with E-state index in [1.165, 1.54) is 0 Å². The molecule has 1 amide bonds. The van der Waals surface area contributed by atoms with E-state index < -0.39 is 0 Å². The van der Waals surface area contributed by atoms with Gasteiger partial charge in [0.25, 0.3) is 0 Å². The van der Waals surface area contributed by atoms with Crippen LogP contribution in [0, 0.1) is 0 Å². The fourth-order valence-electron chi connectivity index (χ4n) is 3.44. The van der Waals surface area contributed by atoms with Crippen LogP contribution in [0.25, 0.3) is 23.9 Å². The number of H-pyrrole nitrogens is 4. The van der Waals surface area contributed by atoms with Crippen LogP contribution in [-0.2, 0) is 4.79 Å². The van der Waals surface area contributed by atoms with Crippen molar-refractivity contribution in [1.29, 1.82) is 0 Å². The van der Waals surface area contributed by atoms with Crippen molar-refractivity contribution in [2.75, 3.05) is 5.33 Å². The SMILES string of the molecule is O=C(CBr)NC1=c2ccc([nH]2)=Cc2ccc([nH]2)C=c2ccc([nH]2)=Cc2ccc1[nH]2. The average molecular weight is 448 g/mol. The summed E-state index contributed by atoms with van der Waals surface area (Å²) >= 11 is 3.22. The van der Waals surface area contributed by atoms with Gasteiger partial charge >= 0.3 is 0 Å². The molecule has 6 nitrogen and oxygen atoms in total. The molecular formula is C22H18BrN5O. The number of hydrogen-bond acceptors (Lipinski definition) is 1. The number of hydrogen-bond donors (Lipinski definition) is 5. The van der Waals surface area contributed by atoms with Gasteiger partial charge in [-0.25, -0.2) is 0 Å². The Morgan fingerprint density at radius 2 is 1.31 bits per heavy atom. The fourth-order valence-corrected chi connectivity index (χ4v) is 3.58. The van der Waals surface area contributed by atoms with Gasteiger partial charge in [-0.05, 0) is 66.8 Å². The maximum absolute atomic E-state index is 12.1. The van der Waals surface area contributed by atoms with Crippen LogP contribution < -0.4 is 26.7 Å². The summed E-state index contributed by atoms with van der Waals surface area (Å²) in [5.41, 5.74) is 4.47. The number of aromatic nitrogens is 4. The summed E-state index contributed by atoms with van der Waals surface area (Å²) < 4.78 is 0. The van der Waals surface area contributed by atoms with E-state index in [2.05, 4.69) is 47.3 Å². The Balaban J connectivity index is 1.78. The summed E-state index contributed by atoms with van der Waals surface area (Å²) in [4.78, 5) is 25.7. The molecule has 7 heteroatoms. The lowest BCUT2D eigenvalue weighted by atomic mass is 10.3. The standard InChI is InChI=1S/C22H18BrN5O/c23-12-21(29)28-22-19-7-5-17(26-19)10-15-3-1-13(24-15)9-14-2-4-16(25-14)11-18-6-8-20(22)27-18/h1-11,24-27H,12H2,(H,28,29). The van der Waals surface area contributed by atoms with Crippen LogP contribution >= 0.6 is 15.9 Å². The zero-order valence-corrected chi connectivity index (χ0v) is 16.9. The van der Waals surface area contributed by atoms with Crippen LogP contribution in [0.3, 0.4) is 0 Å². The Hall–Kier alpha value is -3.45. The Morgan fingerprint density at radius 3 is 2.00 bits per heavy atom. The zero-order valence-electron chi connectivity index (χ0n) is 15.3. The highest BCUT2D eigenvalue weighted by molar-refractivity contribution is 9.09. The molecular weight excluding hydrogens is 430 g/mol. The third kappa shape index (κ3) is 3.64. The summed E-state index contributed by atoms with van der Waals surface area (Å²) in [5, 5.41) is 6.97. The van der Waals surface area contributed by atoms with Gasteiger partial charge in [0.05, 0.1) is 22.1 Å². The third-order valence-electron chi connectivity index (χ3n) is 4.74. The summed E-state index contributed by atoms with van der Waals surface area (Å²) in [7, 11) is 0. The molecule has 5 rings (SSSR count). The van der Waals surface area contributed by atoms with E-state index in [1.807, 2.05) is 60.7 Å². The van der Waals surface area contributed by atoms with Gasteiger partial charge in [-0.15, -0.1) is 0 Å². The Labute approximate surface area is 173 Å². The molecule has 0 spiro atoms.